The highest BCUT2D eigenvalue weighted by molar-refractivity contribution is 5.87. The Bertz CT molecular complexity index is 1080. The highest BCUT2D eigenvalue weighted by Crippen LogP contribution is 2.18. The fourth-order valence-corrected chi connectivity index (χ4v) is 2.97. The molecule has 0 aliphatic rings. The van der Waals surface area contributed by atoms with Gasteiger partial charge in [-0.25, -0.2) is 9.78 Å². The maximum absolute atomic E-state index is 12.5. The van der Waals surface area contributed by atoms with E-state index in [1.807, 2.05) is 11.5 Å². The average molecular weight is 411 g/mol. The van der Waals surface area contributed by atoms with Crippen LogP contribution in [0.2, 0.25) is 0 Å². The monoisotopic (exact) mass is 411 g/mol. The van der Waals surface area contributed by atoms with Crippen molar-refractivity contribution < 1.29 is 14.6 Å². The van der Waals surface area contributed by atoms with E-state index in [1.54, 1.807) is 43.5 Å². The van der Waals surface area contributed by atoms with Gasteiger partial charge in [0, 0.05) is 20.2 Å². The quantitative estimate of drug-likeness (QED) is 0.435. The van der Waals surface area contributed by atoms with Gasteiger partial charge in [-0.05, 0) is 36.2 Å². The number of carboxylic acid groups (broad SMARTS) is 1. The first kappa shape index (κ1) is 21.3. The predicted octanol–water partition coefficient (Wildman–Crippen LogP) is 2.42. The number of nitrogens with zero attached hydrogens (tertiary/aromatic N) is 3. The van der Waals surface area contributed by atoms with Crippen molar-refractivity contribution in [2.45, 2.75) is 19.9 Å². The number of aromatic carboxylic acids is 1. The molecule has 2 heterocycles. The SMILES string of the molecule is CCCNc1nc(=O)c2ccc(NCCOC)nc2n1Cc1ccc(C(=O)O)cc1. The lowest BCUT2D eigenvalue weighted by Gasteiger charge is -2.17. The van der Waals surface area contributed by atoms with Crippen LogP contribution >= 0.6 is 0 Å². The van der Waals surface area contributed by atoms with Gasteiger partial charge >= 0.3 is 5.97 Å². The Kier molecular flexibility index (Phi) is 6.97. The topological polar surface area (TPSA) is 118 Å². The summed E-state index contributed by atoms with van der Waals surface area (Å²) in [5.41, 5.74) is 1.23. The number of hydrogen-bond donors (Lipinski definition) is 3. The molecule has 3 aromatic rings. The number of benzene rings is 1. The summed E-state index contributed by atoms with van der Waals surface area (Å²) in [5.74, 6) is 0.0792. The van der Waals surface area contributed by atoms with Crippen molar-refractivity contribution in [3.05, 3.63) is 57.9 Å². The van der Waals surface area contributed by atoms with Gasteiger partial charge in [-0.3, -0.25) is 9.36 Å². The normalized spacial score (nSPS) is 10.9. The molecule has 1 aromatic carbocycles. The van der Waals surface area contributed by atoms with Crippen molar-refractivity contribution >= 4 is 28.8 Å². The van der Waals surface area contributed by atoms with Crippen molar-refractivity contribution in [2.75, 3.05) is 37.4 Å². The molecule has 0 radical (unpaired) electrons. The zero-order valence-corrected chi connectivity index (χ0v) is 17.0. The third-order valence-electron chi connectivity index (χ3n) is 4.51. The van der Waals surface area contributed by atoms with E-state index in [0.717, 1.165) is 12.0 Å². The predicted molar refractivity (Wildman–Crippen MR) is 115 cm³/mol. The molecule has 0 unspecified atom stereocenters. The molecule has 0 aliphatic heterocycles. The Morgan fingerprint density at radius 1 is 1.10 bits per heavy atom. The zero-order valence-electron chi connectivity index (χ0n) is 17.0. The van der Waals surface area contributed by atoms with Gasteiger partial charge in [-0.15, -0.1) is 0 Å². The molecule has 0 amide bonds. The molecule has 3 N–H and O–H groups in total. The van der Waals surface area contributed by atoms with Crippen LogP contribution in [0.1, 0.15) is 29.3 Å². The summed E-state index contributed by atoms with van der Waals surface area (Å²) in [4.78, 5) is 32.5. The second kappa shape index (κ2) is 9.84. The molecular formula is C21H25N5O4. The number of aromatic nitrogens is 3. The lowest BCUT2D eigenvalue weighted by molar-refractivity contribution is 0.0697. The van der Waals surface area contributed by atoms with E-state index in [0.29, 0.717) is 49.0 Å². The average Bonchev–Trinajstić information content (AvgIpc) is 2.75. The van der Waals surface area contributed by atoms with Gasteiger partial charge < -0.3 is 20.5 Å². The van der Waals surface area contributed by atoms with E-state index in [4.69, 9.17) is 9.84 Å². The molecule has 9 heteroatoms. The maximum Gasteiger partial charge on any atom is 0.335 e. The van der Waals surface area contributed by atoms with Gasteiger partial charge in [-0.1, -0.05) is 19.1 Å². The van der Waals surface area contributed by atoms with Gasteiger partial charge in [0.15, 0.2) is 5.65 Å². The highest BCUT2D eigenvalue weighted by atomic mass is 16.5. The van der Waals surface area contributed by atoms with Gasteiger partial charge in [0.05, 0.1) is 24.1 Å². The second-order valence-corrected chi connectivity index (χ2v) is 6.74. The number of rotatable bonds is 10. The first-order chi connectivity index (χ1) is 14.5. The van der Waals surface area contributed by atoms with E-state index >= 15 is 0 Å². The lowest BCUT2D eigenvalue weighted by atomic mass is 10.1. The molecule has 0 saturated heterocycles. The van der Waals surface area contributed by atoms with E-state index in [1.165, 1.54) is 0 Å². The molecular weight excluding hydrogens is 386 g/mol. The summed E-state index contributed by atoms with van der Waals surface area (Å²) in [5, 5.41) is 15.9. The summed E-state index contributed by atoms with van der Waals surface area (Å²) < 4.78 is 6.89. The van der Waals surface area contributed by atoms with E-state index in [9.17, 15) is 9.59 Å². The summed E-state index contributed by atoms with van der Waals surface area (Å²) >= 11 is 0. The number of pyridine rings is 1. The minimum absolute atomic E-state index is 0.216. The van der Waals surface area contributed by atoms with Crippen molar-refractivity contribution in [1.29, 1.82) is 0 Å². The molecule has 0 spiro atoms. The van der Waals surface area contributed by atoms with Crippen molar-refractivity contribution in [3.8, 4) is 0 Å². The molecule has 158 valence electrons. The van der Waals surface area contributed by atoms with E-state index < -0.39 is 5.97 Å². The van der Waals surface area contributed by atoms with Crippen LogP contribution in [0.4, 0.5) is 11.8 Å². The smallest absolute Gasteiger partial charge is 0.335 e. The van der Waals surface area contributed by atoms with Gasteiger partial charge in [0.2, 0.25) is 5.95 Å². The third kappa shape index (κ3) is 4.93. The summed E-state index contributed by atoms with van der Waals surface area (Å²) in [6.45, 7) is 4.17. The van der Waals surface area contributed by atoms with Crippen LogP contribution < -0.4 is 16.2 Å². The number of fused-ring (bicyclic) bond motifs is 1. The van der Waals surface area contributed by atoms with E-state index in [2.05, 4.69) is 20.6 Å². The molecule has 0 bridgehead atoms. The first-order valence-electron chi connectivity index (χ1n) is 9.74. The number of carboxylic acids is 1. The molecule has 0 atom stereocenters. The number of carbonyl (C=O) groups is 1. The standard InChI is InChI=1S/C21H25N5O4/c1-3-10-23-21-25-19(27)16-8-9-17(22-11-12-30-2)24-18(16)26(21)13-14-4-6-15(7-5-14)20(28)29/h4-9H,3,10-13H2,1-2H3,(H,22,24)(H,28,29)(H,23,25,27). The number of nitrogens with one attached hydrogen (secondary N) is 2. The van der Waals surface area contributed by atoms with Crippen LogP contribution in [-0.2, 0) is 11.3 Å². The highest BCUT2D eigenvalue weighted by Gasteiger charge is 2.14. The third-order valence-corrected chi connectivity index (χ3v) is 4.51. The number of methoxy groups -OCH3 is 1. The van der Waals surface area contributed by atoms with E-state index in [-0.39, 0.29) is 11.1 Å². The Morgan fingerprint density at radius 2 is 1.87 bits per heavy atom. The summed E-state index contributed by atoms with van der Waals surface area (Å²) in [6, 6.07) is 10.1. The Hall–Kier alpha value is -3.46. The number of hydrogen-bond acceptors (Lipinski definition) is 7. The fraction of sp³-hybridized carbons (Fsp3) is 0.333. The molecule has 0 saturated carbocycles. The Labute approximate surface area is 173 Å². The van der Waals surface area contributed by atoms with Gasteiger partial charge in [-0.2, -0.15) is 4.98 Å². The van der Waals surface area contributed by atoms with Crippen LogP contribution in [0.25, 0.3) is 11.0 Å². The second-order valence-electron chi connectivity index (χ2n) is 6.74. The Balaban J connectivity index is 2.06. The van der Waals surface area contributed by atoms with Crippen molar-refractivity contribution in [1.82, 2.24) is 14.5 Å². The molecule has 30 heavy (non-hydrogen) atoms. The summed E-state index contributed by atoms with van der Waals surface area (Å²) in [7, 11) is 1.63. The molecule has 2 aromatic heterocycles. The van der Waals surface area contributed by atoms with Crippen LogP contribution in [0, 0.1) is 0 Å². The molecule has 0 aliphatic carbocycles. The minimum atomic E-state index is -0.976. The largest absolute Gasteiger partial charge is 0.478 e. The van der Waals surface area contributed by atoms with Crippen molar-refractivity contribution in [3.63, 3.8) is 0 Å². The minimum Gasteiger partial charge on any atom is -0.478 e. The lowest BCUT2D eigenvalue weighted by Crippen LogP contribution is -2.21. The number of ether oxygens (including phenoxy) is 1. The maximum atomic E-state index is 12.5. The fourth-order valence-electron chi connectivity index (χ4n) is 2.97. The van der Waals surface area contributed by atoms with Crippen LogP contribution in [0.15, 0.2) is 41.2 Å². The van der Waals surface area contributed by atoms with Crippen LogP contribution in [0.3, 0.4) is 0 Å². The Morgan fingerprint density at radius 3 is 2.53 bits per heavy atom. The van der Waals surface area contributed by atoms with Gasteiger partial charge in [0.25, 0.3) is 5.56 Å². The zero-order chi connectivity index (χ0) is 21.5. The van der Waals surface area contributed by atoms with Crippen LogP contribution in [0.5, 0.6) is 0 Å². The first-order valence-corrected chi connectivity index (χ1v) is 9.74. The molecule has 9 nitrogen and oxygen atoms in total. The number of anilines is 2. The summed E-state index contributed by atoms with van der Waals surface area (Å²) in [6.07, 6.45) is 0.868. The van der Waals surface area contributed by atoms with Gasteiger partial charge in [0.1, 0.15) is 5.82 Å². The molecule has 3 rings (SSSR count). The molecule has 0 fully saturated rings. The van der Waals surface area contributed by atoms with Crippen LogP contribution in [-0.4, -0.2) is 52.4 Å². The van der Waals surface area contributed by atoms with Crippen molar-refractivity contribution in [2.24, 2.45) is 0 Å².